The number of benzene rings is 5. The Morgan fingerprint density at radius 2 is 0.980 bits per heavy atom. The zero-order valence-corrected chi connectivity index (χ0v) is 35.3. The summed E-state index contributed by atoms with van der Waals surface area (Å²) in [5, 5.41) is 0. The molecule has 3 heteroatoms. The van der Waals surface area contributed by atoms with Crippen molar-refractivity contribution in [3.63, 3.8) is 0 Å². The van der Waals surface area contributed by atoms with E-state index in [1.807, 2.05) is 0 Å². The number of rotatable bonds is 6. The molecule has 0 N–H and O–H groups in total. The van der Waals surface area contributed by atoms with Gasteiger partial charge in [0.25, 0.3) is 0 Å². The molecule has 0 spiro atoms. The molecule has 5 aromatic carbocycles. The first-order valence-electron chi connectivity index (χ1n) is 18.0. The minimum Gasteiger partial charge on any atom is -1.00 e. The average Bonchev–Trinajstić information content (AvgIpc) is 3.73. The summed E-state index contributed by atoms with van der Waals surface area (Å²) < 4.78 is 4.94. The fraction of sp³-hybridized carbons (Fsp3) is 0.271. The van der Waals surface area contributed by atoms with Crippen LogP contribution < -0.4 is 24.8 Å². The van der Waals surface area contributed by atoms with Crippen LogP contribution in [0.4, 0.5) is 0 Å². The summed E-state index contributed by atoms with van der Waals surface area (Å²) in [5.41, 5.74) is 15.6. The number of hydrogen-bond donors (Lipinski definition) is 0. The van der Waals surface area contributed by atoms with Crippen LogP contribution in [0.15, 0.2) is 137 Å². The Bertz CT molecular complexity index is 2000. The van der Waals surface area contributed by atoms with Gasteiger partial charge >= 0.3 is 305 Å². The normalized spacial score (nSPS) is 14.0. The Morgan fingerprint density at radius 1 is 0.549 bits per heavy atom. The van der Waals surface area contributed by atoms with Gasteiger partial charge in [-0.15, -0.1) is 0 Å². The van der Waals surface area contributed by atoms with E-state index in [-0.39, 0.29) is 41.1 Å². The van der Waals surface area contributed by atoms with Crippen molar-refractivity contribution < 1.29 is 46.1 Å². The molecule has 0 unspecified atom stereocenters. The van der Waals surface area contributed by atoms with Crippen molar-refractivity contribution in [3.05, 3.63) is 165 Å². The molecule has 51 heavy (non-hydrogen) atoms. The largest absolute Gasteiger partial charge is 1.00 e. The van der Waals surface area contributed by atoms with Gasteiger partial charge in [0.15, 0.2) is 0 Å². The number of hydrogen-bond acceptors (Lipinski definition) is 0. The molecule has 0 radical (unpaired) electrons. The SMILES string of the molecule is CC(C)(C)c1cc2c(cc1-c1ccccc1)[CH](/[Zr+2](=[CH]\C(C)(C)c1ccccc1)[C]1=CC=CC1)c1cc(-c3ccccc3)c(C(C)(C)C)cc1-2.[Cl-].[Cl-]. The van der Waals surface area contributed by atoms with Crippen LogP contribution in [-0.4, -0.2) is 3.71 Å². The molecule has 2 aliphatic carbocycles. The Kier molecular flexibility index (Phi) is 11.6. The minimum atomic E-state index is -2.61. The average molecular weight is 789 g/mol. The second kappa shape index (κ2) is 15.1. The van der Waals surface area contributed by atoms with Gasteiger partial charge in [-0.1, -0.05) is 0 Å². The van der Waals surface area contributed by atoms with Gasteiger partial charge in [0.1, 0.15) is 0 Å². The van der Waals surface area contributed by atoms with Crippen molar-refractivity contribution in [3.8, 4) is 33.4 Å². The molecule has 7 rings (SSSR count). The van der Waals surface area contributed by atoms with Crippen LogP contribution in [0.2, 0.25) is 0 Å². The van der Waals surface area contributed by atoms with Gasteiger partial charge in [0, 0.05) is 0 Å². The van der Waals surface area contributed by atoms with Gasteiger partial charge < -0.3 is 24.8 Å². The van der Waals surface area contributed by atoms with E-state index < -0.39 is 21.3 Å². The third-order valence-electron chi connectivity index (χ3n) is 10.6. The number of allylic oxidation sites excluding steroid dienone is 4. The van der Waals surface area contributed by atoms with Crippen molar-refractivity contribution >= 4 is 3.71 Å². The first kappa shape index (κ1) is 39.1. The van der Waals surface area contributed by atoms with Crippen molar-refractivity contribution in [2.75, 3.05) is 0 Å². The maximum atomic E-state index is 2.87. The van der Waals surface area contributed by atoms with Gasteiger partial charge in [0.05, 0.1) is 0 Å². The van der Waals surface area contributed by atoms with E-state index in [4.69, 9.17) is 0 Å². The minimum absolute atomic E-state index is 0. The smallest absolute Gasteiger partial charge is 1.00 e. The second-order valence-corrected chi connectivity index (χ2v) is 22.6. The van der Waals surface area contributed by atoms with Gasteiger partial charge in [-0.25, -0.2) is 0 Å². The molecule has 0 aliphatic heterocycles. The third kappa shape index (κ3) is 7.69. The first-order valence-corrected chi connectivity index (χ1v) is 22.0. The molecule has 0 aromatic heterocycles. The zero-order chi connectivity index (χ0) is 34.6. The molecule has 0 saturated heterocycles. The summed E-state index contributed by atoms with van der Waals surface area (Å²) in [5.74, 6) is 0. The van der Waals surface area contributed by atoms with Crippen LogP contribution in [0.5, 0.6) is 0 Å². The van der Waals surface area contributed by atoms with Crippen molar-refractivity contribution in [2.45, 2.75) is 81.7 Å². The summed E-state index contributed by atoms with van der Waals surface area (Å²) in [7, 11) is 0. The van der Waals surface area contributed by atoms with E-state index in [2.05, 4.69) is 193 Å². The van der Waals surface area contributed by atoms with Crippen LogP contribution in [-0.2, 0) is 37.5 Å². The predicted octanol–water partition coefficient (Wildman–Crippen LogP) is 6.94. The summed E-state index contributed by atoms with van der Waals surface area (Å²) >= 11 is -2.61. The molecule has 0 atom stereocenters. The van der Waals surface area contributed by atoms with E-state index in [0.717, 1.165) is 6.42 Å². The Morgan fingerprint density at radius 3 is 1.37 bits per heavy atom. The van der Waals surface area contributed by atoms with Crippen molar-refractivity contribution in [1.29, 1.82) is 0 Å². The monoisotopic (exact) mass is 786 g/mol. The Hall–Kier alpha value is -3.09. The molecule has 0 fully saturated rings. The second-order valence-electron chi connectivity index (χ2n) is 16.6. The molecular formula is C48H50Cl2Zr. The topological polar surface area (TPSA) is 0 Å². The molecule has 0 nitrogen and oxygen atoms in total. The van der Waals surface area contributed by atoms with Gasteiger partial charge in [-0.05, 0) is 0 Å². The van der Waals surface area contributed by atoms with E-state index in [0.29, 0.717) is 3.63 Å². The molecule has 5 aromatic rings. The molecule has 0 amide bonds. The summed E-state index contributed by atoms with van der Waals surface area (Å²) in [4.78, 5) is 0. The van der Waals surface area contributed by atoms with Crippen molar-refractivity contribution in [2.24, 2.45) is 0 Å². The van der Waals surface area contributed by atoms with Gasteiger partial charge in [-0.3, -0.25) is 0 Å². The van der Waals surface area contributed by atoms with Crippen LogP contribution in [0, 0.1) is 0 Å². The maximum Gasteiger partial charge on any atom is -1.00 e. The summed E-state index contributed by atoms with van der Waals surface area (Å²) in [6.45, 7) is 19.1. The van der Waals surface area contributed by atoms with Crippen LogP contribution in [0.1, 0.15) is 93.3 Å². The first-order chi connectivity index (χ1) is 23.3. The molecule has 0 heterocycles. The maximum absolute atomic E-state index is 2.87. The van der Waals surface area contributed by atoms with Gasteiger partial charge in [-0.2, -0.15) is 0 Å². The van der Waals surface area contributed by atoms with Crippen LogP contribution in [0.25, 0.3) is 33.4 Å². The quantitative estimate of drug-likeness (QED) is 0.175. The molecule has 0 bridgehead atoms. The fourth-order valence-corrected chi connectivity index (χ4v) is 16.5. The Labute approximate surface area is 327 Å². The van der Waals surface area contributed by atoms with E-state index in [1.54, 1.807) is 3.28 Å². The van der Waals surface area contributed by atoms with Crippen molar-refractivity contribution in [1.82, 2.24) is 0 Å². The van der Waals surface area contributed by atoms with Crippen LogP contribution >= 0.6 is 0 Å². The number of fused-ring (bicyclic) bond motifs is 3. The molecule has 2 aliphatic rings. The summed E-state index contributed by atoms with van der Waals surface area (Å²) in [6.07, 6.45) is 8.25. The van der Waals surface area contributed by atoms with E-state index in [9.17, 15) is 0 Å². The predicted molar refractivity (Wildman–Crippen MR) is 209 cm³/mol. The molecular weight excluding hydrogens is 739 g/mol. The van der Waals surface area contributed by atoms with Gasteiger partial charge in [0.2, 0.25) is 0 Å². The van der Waals surface area contributed by atoms with Crippen LogP contribution in [0.3, 0.4) is 0 Å². The summed E-state index contributed by atoms with van der Waals surface area (Å²) in [6, 6.07) is 43.8. The third-order valence-corrected chi connectivity index (χ3v) is 18.9. The van der Waals surface area contributed by atoms with E-state index >= 15 is 0 Å². The standard InChI is InChI=1S/C33H33.C10H12.C5H5.2ClH.Zr/c1-32(2,3)30-20-26-24(18-28(30)22-13-9-7-10-14-22)17-25-19-29(23-15-11-8-12-16-23)31(21-27(25)26)33(4,5)6;1-10(2,3)9-7-5-4-6-8-9;1-2-4-5-3-1;;;/h7-21H,1-6H3;1,4-8H,2-3H3;1-3H,4H2;2*1H;/q;;;;;+2/p-2. The zero-order valence-electron chi connectivity index (χ0n) is 31.3. The molecule has 260 valence electrons. The van der Waals surface area contributed by atoms with E-state index in [1.165, 1.54) is 61.2 Å². The number of halogens is 2. The molecule has 0 saturated carbocycles. The Balaban J connectivity index is 0.00000252. The fourth-order valence-electron chi connectivity index (χ4n) is 8.00.